The van der Waals surface area contributed by atoms with E-state index in [0.717, 1.165) is 23.1 Å². The lowest BCUT2D eigenvalue weighted by Crippen LogP contribution is -2.36. The van der Waals surface area contributed by atoms with Crippen molar-refractivity contribution in [3.05, 3.63) is 51.0 Å². The van der Waals surface area contributed by atoms with Crippen LogP contribution in [0.4, 0.5) is 11.4 Å². The largest absolute Gasteiger partial charge is 0.378 e. The molecule has 1 amide bonds. The van der Waals surface area contributed by atoms with E-state index in [4.69, 9.17) is 39.5 Å². The minimum absolute atomic E-state index is 0.0186. The van der Waals surface area contributed by atoms with Crippen LogP contribution in [0.2, 0.25) is 15.1 Å². The summed E-state index contributed by atoms with van der Waals surface area (Å²) in [5, 5.41) is 3.14. The average Bonchev–Trinajstić information content (AvgIpc) is 2.68. The van der Waals surface area contributed by atoms with E-state index < -0.39 is 15.9 Å². The quantitative estimate of drug-likeness (QED) is 0.683. The molecule has 0 atom stereocenters. The Hall–Kier alpha value is -1.55. The first-order valence-corrected chi connectivity index (χ1v) is 11.5. The molecule has 1 aliphatic heterocycles. The molecule has 1 heterocycles. The number of ether oxygens (including phenoxy) is 1. The number of halogens is 3. The molecule has 3 rings (SSSR count). The van der Waals surface area contributed by atoms with Crippen LogP contribution in [0.15, 0.2) is 35.2 Å². The fourth-order valence-corrected chi connectivity index (χ4v) is 4.97. The maximum absolute atomic E-state index is 12.8. The van der Waals surface area contributed by atoms with Crippen molar-refractivity contribution in [1.82, 2.24) is 4.31 Å². The molecular weight excluding hydrogens is 473 g/mol. The number of carbonyl (C=O) groups is 1. The number of nitrogens with zero attached hydrogens (tertiary/aromatic N) is 2. The molecule has 11 heteroatoms. The van der Waals surface area contributed by atoms with Crippen molar-refractivity contribution in [3.8, 4) is 0 Å². The van der Waals surface area contributed by atoms with Crippen LogP contribution >= 0.6 is 34.8 Å². The molecule has 1 saturated heterocycles. The van der Waals surface area contributed by atoms with Gasteiger partial charge >= 0.3 is 0 Å². The van der Waals surface area contributed by atoms with E-state index in [1.54, 1.807) is 12.1 Å². The second-order valence-electron chi connectivity index (χ2n) is 6.77. The number of hydrogen-bond donors (Lipinski definition) is 1. The third-order valence-corrected chi connectivity index (χ3v) is 7.48. The summed E-state index contributed by atoms with van der Waals surface area (Å²) >= 11 is 18.6. The molecule has 30 heavy (non-hydrogen) atoms. The Balaban J connectivity index is 1.86. The molecule has 2 aromatic rings. The Bertz CT molecular complexity index is 1070. The summed E-state index contributed by atoms with van der Waals surface area (Å²) in [6.07, 6.45) is 0. The van der Waals surface area contributed by atoms with Gasteiger partial charge in [0.25, 0.3) is 5.91 Å². The summed E-state index contributed by atoms with van der Waals surface area (Å²) < 4.78 is 31.3. The van der Waals surface area contributed by atoms with E-state index in [1.807, 2.05) is 6.07 Å². The van der Waals surface area contributed by atoms with E-state index in [-0.39, 0.29) is 20.5 Å². The Morgan fingerprint density at radius 3 is 2.30 bits per heavy atom. The van der Waals surface area contributed by atoms with Gasteiger partial charge in [0, 0.05) is 32.9 Å². The molecule has 0 saturated carbocycles. The number of anilines is 2. The number of amides is 1. The van der Waals surface area contributed by atoms with Crippen molar-refractivity contribution < 1.29 is 17.9 Å². The zero-order valence-corrected chi connectivity index (χ0v) is 19.4. The summed E-state index contributed by atoms with van der Waals surface area (Å²) in [5.74, 6) is -0.581. The highest BCUT2D eigenvalue weighted by Crippen LogP contribution is 2.32. The zero-order chi connectivity index (χ0) is 22.1. The van der Waals surface area contributed by atoms with Crippen molar-refractivity contribution in [2.45, 2.75) is 4.90 Å². The van der Waals surface area contributed by atoms with Crippen LogP contribution in [0.3, 0.4) is 0 Å². The number of nitrogens with one attached hydrogen (secondary N) is 1. The maximum Gasteiger partial charge on any atom is 0.257 e. The Morgan fingerprint density at radius 1 is 1.03 bits per heavy atom. The summed E-state index contributed by atoms with van der Waals surface area (Å²) in [6.45, 7) is 2.72. The van der Waals surface area contributed by atoms with E-state index in [2.05, 4.69) is 10.2 Å². The van der Waals surface area contributed by atoms with Gasteiger partial charge in [-0.2, -0.15) is 0 Å². The summed E-state index contributed by atoms with van der Waals surface area (Å²) in [6, 6.07) is 7.57. The molecular formula is C19H20Cl3N3O4S. The summed E-state index contributed by atoms with van der Waals surface area (Å²) in [7, 11) is -1.11. The lowest BCUT2D eigenvalue weighted by atomic mass is 10.2. The SMILES string of the molecule is CN(C)S(=O)(=O)c1cc(C(=O)Nc2ccc(N3CCOCC3)c(Cl)c2)c(Cl)cc1Cl. The van der Waals surface area contributed by atoms with Crippen LogP contribution in [0, 0.1) is 0 Å². The second kappa shape index (κ2) is 9.30. The first-order valence-electron chi connectivity index (χ1n) is 8.96. The van der Waals surface area contributed by atoms with Gasteiger partial charge in [0.05, 0.1) is 39.5 Å². The molecule has 0 aliphatic carbocycles. The van der Waals surface area contributed by atoms with Crippen LogP contribution in [0.1, 0.15) is 10.4 Å². The maximum atomic E-state index is 12.8. The van der Waals surface area contributed by atoms with Crippen molar-refractivity contribution in [2.24, 2.45) is 0 Å². The first kappa shape index (κ1) is 23.1. The highest BCUT2D eigenvalue weighted by molar-refractivity contribution is 7.89. The minimum atomic E-state index is -3.85. The standard InChI is InChI=1S/C19H20Cl3N3O4S/c1-24(2)30(27,28)18-10-13(14(20)11-16(18)22)19(26)23-12-3-4-17(15(21)9-12)25-5-7-29-8-6-25/h3-4,9-11H,5-8H2,1-2H3,(H,23,26). The van der Waals surface area contributed by atoms with Gasteiger partial charge in [0.15, 0.2) is 0 Å². The Morgan fingerprint density at radius 2 is 1.70 bits per heavy atom. The van der Waals surface area contributed by atoms with Gasteiger partial charge in [0.1, 0.15) is 4.90 Å². The van der Waals surface area contributed by atoms with Crippen molar-refractivity contribution in [3.63, 3.8) is 0 Å². The van der Waals surface area contributed by atoms with Gasteiger partial charge < -0.3 is 15.0 Å². The number of carbonyl (C=O) groups excluding carboxylic acids is 1. The van der Waals surface area contributed by atoms with Crippen molar-refractivity contribution >= 4 is 62.1 Å². The van der Waals surface area contributed by atoms with Crippen LogP contribution in [0.25, 0.3) is 0 Å². The summed E-state index contributed by atoms with van der Waals surface area (Å²) in [4.78, 5) is 14.7. The number of morpholine rings is 1. The Kier molecular flexibility index (Phi) is 7.16. The molecule has 7 nitrogen and oxygen atoms in total. The van der Waals surface area contributed by atoms with E-state index in [1.165, 1.54) is 26.2 Å². The topological polar surface area (TPSA) is 79.0 Å². The minimum Gasteiger partial charge on any atom is -0.378 e. The van der Waals surface area contributed by atoms with E-state index >= 15 is 0 Å². The molecule has 162 valence electrons. The highest BCUT2D eigenvalue weighted by atomic mass is 35.5. The lowest BCUT2D eigenvalue weighted by molar-refractivity contribution is 0.102. The smallest absolute Gasteiger partial charge is 0.257 e. The fraction of sp³-hybridized carbons (Fsp3) is 0.316. The third kappa shape index (κ3) is 4.85. The van der Waals surface area contributed by atoms with Gasteiger partial charge in [-0.25, -0.2) is 12.7 Å². The third-order valence-electron chi connectivity index (χ3n) is 4.58. The van der Waals surface area contributed by atoms with Crippen molar-refractivity contribution in [2.75, 3.05) is 50.6 Å². The monoisotopic (exact) mass is 491 g/mol. The highest BCUT2D eigenvalue weighted by Gasteiger charge is 2.25. The fourth-order valence-electron chi connectivity index (χ4n) is 2.94. The number of rotatable bonds is 5. The normalized spacial score (nSPS) is 14.8. The number of benzene rings is 2. The first-order chi connectivity index (χ1) is 14.1. The van der Waals surface area contributed by atoms with Crippen molar-refractivity contribution in [1.29, 1.82) is 0 Å². The molecule has 0 radical (unpaired) electrons. The second-order valence-corrected chi connectivity index (χ2v) is 10.1. The summed E-state index contributed by atoms with van der Waals surface area (Å²) in [5.41, 5.74) is 1.28. The molecule has 0 unspecified atom stereocenters. The van der Waals surface area contributed by atoms with E-state index in [9.17, 15) is 13.2 Å². The van der Waals surface area contributed by atoms with Crippen LogP contribution < -0.4 is 10.2 Å². The molecule has 1 N–H and O–H groups in total. The molecule has 1 aliphatic rings. The predicted molar refractivity (Wildman–Crippen MR) is 120 cm³/mol. The zero-order valence-electron chi connectivity index (χ0n) is 16.3. The molecule has 0 bridgehead atoms. The van der Waals surface area contributed by atoms with Gasteiger partial charge in [-0.1, -0.05) is 34.8 Å². The molecule has 2 aromatic carbocycles. The predicted octanol–water partition coefficient (Wildman–Crippen LogP) is 3.99. The molecule has 0 aromatic heterocycles. The number of sulfonamides is 1. The van der Waals surface area contributed by atoms with Gasteiger partial charge in [-0.15, -0.1) is 0 Å². The van der Waals surface area contributed by atoms with Crippen LogP contribution in [0.5, 0.6) is 0 Å². The molecule has 1 fully saturated rings. The van der Waals surface area contributed by atoms with Gasteiger partial charge in [-0.3, -0.25) is 4.79 Å². The van der Waals surface area contributed by atoms with Crippen LogP contribution in [-0.2, 0) is 14.8 Å². The van der Waals surface area contributed by atoms with Gasteiger partial charge in [-0.05, 0) is 30.3 Å². The lowest BCUT2D eigenvalue weighted by Gasteiger charge is -2.29. The average molecular weight is 493 g/mol. The van der Waals surface area contributed by atoms with Gasteiger partial charge in [0.2, 0.25) is 10.0 Å². The Labute approximate surface area is 190 Å². The van der Waals surface area contributed by atoms with Crippen LogP contribution in [-0.4, -0.2) is 59.0 Å². The molecule has 0 spiro atoms. The van der Waals surface area contributed by atoms with E-state index in [0.29, 0.717) is 23.9 Å². The number of hydrogen-bond acceptors (Lipinski definition) is 5.